The van der Waals surface area contributed by atoms with Crippen molar-refractivity contribution in [2.45, 2.75) is 19.9 Å². The first-order valence-electron chi connectivity index (χ1n) is 6.37. The van der Waals surface area contributed by atoms with E-state index in [1.807, 2.05) is 24.3 Å². The van der Waals surface area contributed by atoms with Crippen molar-refractivity contribution in [1.82, 2.24) is 4.90 Å². The number of hydrogen-bond donors (Lipinski definition) is 0. The van der Waals surface area contributed by atoms with E-state index in [4.69, 9.17) is 0 Å². The van der Waals surface area contributed by atoms with E-state index in [0.29, 0.717) is 11.7 Å². The van der Waals surface area contributed by atoms with E-state index in [1.165, 1.54) is 5.69 Å². The van der Waals surface area contributed by atoms with Gasteiger partial charge in [0.1, 0.15) is 0 Å². The highest BCUT2D eigenvalue weighted by Crippen LogP contribution is 2.21. The minimum absolute atomic E-state index is 0.622. The summed E-state index contributed by atoms with van der Waals surface area (Å²) in [5.41, 5.74) is 1.86. The average Bonchev–Trinajstić information content (AvgIpc) is 2.40. The zero-order valence-corrected chi connectivity index (χ0v) is 11.0. The van der Waals surface area contributed by atoms with Gasteiger partial charge in [-0.1, -0.05) is 0 Å². The molecule has 2 rings (SSSR count). The van der Waals surface area contributed by atoms with Crippen molar-refractivity contribution in [2.24, 2.45) is 4.99 Å². The van der Waals surface area contributed by atoms with Crippen LogP contribution < -0.4 is 4.90 Å². The maximum absolute atomic E-state index is 10.2. The van der Waals surface area contributed by atoms with Crippen molar-refractivity contribution >= 4 is 17.5 Å². The maximum atomic E-state index is 10.2. The van der Waals surface area contributed by atoms with Crippen LogP contribution in [-0.2, 0) is 4.79 Å². The molecule has 4 heteroatoms. The summed E-state index contributed by atoms with van der Waals surface area (Å²) in [6.07, 6.45) is 1.56. The Labute approximate surface area is 108 Å². The lowest BCUT2D eigenvalue weighted by atomic mass is 10.2. The van der Waals surface area contributed by atoms with Crippen LogP contribution in [0.5, 0.6) is 0 Å². The van der Waals surface area contributed by atoms with Gasteiger partial charge in [-0.25, -0.2) is 4.79 Å². The van der Waals surface area contributed by atoms with Crippen molar-refractivity contribution in [1.29, 1.82) is 0 Å². The molecular weight excluding hydrogens is 226 g/mol. The first kappa shape index (κ1) is 12.8. The van der Waals surface area contributed by atoms with E-state index in [2.05, 4.69) is 28.6 Å². The second kappa shape index (κ2) is 5.80. The van der Waals surface area contributed by atoms with E-state index in [9.17, 15) is 4.79 Å². The molecule has 0 radical (unpaired) electrons. The van der Waals surface area contributed by atoms with Gasteiger partial charge in [-0.2, -0.15) is 4.99 Å². The Morgan fingerprint density at radius 1 is 1.11 bits per heavy atom. The van der Waals surface area contributed by atoms with Gasteiger partial charge < -0.3 is 4.90 Å². The fourth-order valence-electron chi connectivity index (χ4n) is 2.29. The molecule has 0 amide bonds. The number of hydrogen-bond acceptors (Lipinski definition) is 4. The topological polar surface area (TPSA) is 35.9 Å². The monoisotopic (exact) mass is 245 g/mol. The number of isocyanates is 1. The summed E-state index contributed by atoms with van der Waals surface area (Å²) in [6.45, 7) is 8.78. The lowest BCUT2D eigenvalue weighted by molar-refractivity contribution is 0.209. The normalized spacial score (nSPS) is 16.7. The Bertz CT molecular complexity index is 427. The minimum atomic E-state index is 0.622. The molecule has 1 aliphatic heterocycles. The maximum Gasteiger partial charge on any atom is 0.240 e. The van der Waals surface area contributed by atoms with Crippen LogP contribution in [0.25, 0.3) is 0 Å². The quantitative estimate of drug-likeness (QED) is 0.605. The molecule has 1 aromatic carbocycles. The van der Waals surface area contributed by atoms with Gasteiger partial charge in [-0.15, -0.1) is 0 Å². The highest BCUT2D eigenvalue weighted by atomic mass is 16.1. The minimum Gasteiger partial charge on any atom is -0.369 e. The molecule has 0 atom stereocenters. The van der Waals surface area contributed by atoms with Gasteiger partial charge >= 0.3 is 0 Å². The average molecular weight is 245 g/mol. The molecule has 1 heterocycles. The molecule has 1 aromatic rings. The largest absolute Gasteiger partial charge is 0.369 e. The smallest absolute Gasteiger partial charge is 0.240 e. The molecule has 1 fully saturated rings. The number of rotatable bonds is 3. The lowest BCUT2D eigenvalue weighted by Gasteiger charge is -2.38. The molecule has 0 bridgehead atoms. The third kappa shape index (κ3) is 2.97. The van der Waals surface area contributed by atoms with E-state index >= 15 is 0 Å². The fourth-order valence-corrected chi connectivity index (χ4v) is 2.29. The summed E-state index contributed by atoms with van der Waals surface area (Å²) in [6, 6.07) is 8.36. The summed E-state index contributed by atoms with van der Waals surface area (Å²) in [4.78, 5) is 18.6. The number of carbonyl (C=O) groups excluding carboxylic acids is 1. The molecule has 0 aliphatic carbocycles. The van der Waals surface area contributed by atoms with Gasteiger partial charge in [0.2, 0.25) is 6.08 Å². The van der Waals surface area contributed by atoms with Crippen molar-refractivity contribution in [2.75, 3.05) is 31.1 Å². The molecule has 18 heavy (non-hydrogen) atoms. The number of piperazine rings is 1. The van der Waals surface area contributed by atoms with Gasteiger partial charge in [0, 0.05) is 37.9 Å². The molecule has 1 aliphatic rings. The molecule has 0 unspecified atom stereocenters. The number of benzene rings is 1. The van der Waals surface area contributed by atoms with Crippen molar-refractivity contribution in [3.8, 4) is 0 Å². The van der Waals surface area contributed by atoms with E-state index in [-0.39, 0.29) is 0 Å². The van der Waals surface area contributed by atoms with Crippen molar-refractivity contribution in [3.63, 3.8) is 0 Å². The Balaban J connectivity index is 1.99. The molecule has 0 aromatic heterocycles. The second-order valence-electron chi connectivity index (χ2n) is 4.84. The number of nitrogens with zero attached hydrogens (tertiary/aromatic N) is 3. The third-order valence-electron chi connectivity index (χ3n) is 3.43. The molecule has 4 nitrogen and oxygen atoms in total. The van der Waals surface area contributed by atoms with Crippen LogP contribution in [0.1, 0.15) is 13.8 Å². The van der Waals surface area contributed by atoms with Crippen LogP contribution in [0.15, 0.2) is 29.3 Å². The van der Waals surface area contributed by atoms with Gasteiger partial charge in [0.25, 0.3) is 0 Å². The highest BCUT2D eigenvalue weighted by molar-refractivity contribution is 5.56. The zero-order valence-electron chi connectivity index (χ0n) is 11.0. The summed E-state index contributed by atoms with van der Waals surface area (Å²) in [5.74, 6) is 0. The molecule has 0 spiro atoms. The summed E-state index contributed by atoms with van der Waals surface area (Å²) >= 11 is 0. The van der Waals surface area contributed by atoms with Crippen LogP contribution in [0.2, 0.25) is 0 Å². The van der Waals surface area contributed by atoms with Crippen LogP contribution in [-0.4, -0.2) is 43.2 Å². The third-order valence-corrected chi connectivity index (χ3v) is 3.43. The molecule has 96 valence electrons. The lowest BCUT2D eigenvalue weighted by Crippen LogP contribution is -2.48. The summed E-state index contributed by atoms with van der Waals surface area (Å²) < 4.78 is 0. The molecular formula is C14H19N3O. The van der Waals surface area contributed by atoms with Gasteiger partial charge in [-0.05, 0) is 38.1 Å². The van der Waals surface area contributed by atoms with Crippen LogP contribution in [0.3, 0.4) is 0 Å². The van der Waals surface area contributed by atoms with E-state index in [1.54, 1.807) is 6.08 Å². The Hall–Kier alpha value is -1.64. The zero-order chi connectivity index (χ0) is 13.0. The predicted octanol–water partition coefficient (Wildman–Crippen LogP) is 2.18. The van der Waals surface area contributed by atoms with Gasteiger partial charge in [0.15, 0.2) is 0 Å². The standard InChI is InChI=1S/C14H19N3O/c1-12(2)16-7-9-17(10-8-16)14-5-3-13(4-6-14)15-11-18/h3-6,12H,7-10H2,1-2H3. The van der Waals surface area contributed by atoms with Gasteiger partial charge in [0.05, 0.1) is 5.69 Å². The second-order valence-corrected chi connectivity index (χ2v) is 4.84. The van der Waals surface area contributed by atoms with Crippen molar-refractivity contribution in [3.05, 3.63) is 24.3 Å². The summed E-state index contributed by atoms with van der Waals surface area (Å²) in [5, 5.41) is 0. The Morgan fingerprint density at radius 2 is 1.72 bits per heavy atom. The van der Waals surface area contributed by atoms with E-state index < -0.39 is 0 Å². The SMILES string of the molecule is CC(C)N1CCN(c2ccc(N=C=O)cc2)CC1. The van der Waals surface area contributed by atoms with Crippen LogP contribution >= 0.6 is 0 Å². The summed E-state index contributed by atoms with van der Waals surface area (Å²) in [7, 11) is 0. The van der Waals surface area contributed by atoms with Crippen molar-refractivity contribution < 1.29 is 4.79 Å². The Kier molecular flexibility index (Phi) is 4.13. The van der Waals surface area contributed by atoms with Gasteiger partial charge in [-0.3, -0.25) is 4.90 Å². The fraction of sp³-hybridized carbons (Fsp3) is 0.500. The van der Waals surface area contributed by atoms with Crippen LogP contribution in [0.4, 0.5) is 11.4 Å². The number of anilines is 1. The molecule has 1 saturated heterocycles. The van der Waals surface area contributed by atoms with E-state index in [0.717, 1.165) is 26.2 Å². The van der Waals surface area contributed by atoms with Crippen LogP contribution in [0, 0.1) is 0 Å². The highest BCUT2D eigenvalue weighted by Gasteiger charge is 2.18. The Morgan fingerprint density at radius 3 is 2.22 bits per heavy atom. The number of aliphatic imine (C=N–C) groups is 1. The predicted molar refractivity (Wildman–Crippen MR) is 73.1 cm³/mol. The first-order valence-corrected chi connectivity index (χ1v) is 6.37. The molecule has 0 saturated carbocycles. The molecule has 0 N–H and O–H groups in total. The first-order chi connectivity index (χ1) is 8.70.